The Balaban J connectivity index is 1.80. The summed E-state index contributed by atoms with van der Waals surface area (Å²) >= 11 is 0. The lowest BCUT2D eigenvalue weighted by atomic mass is 10.1. The van der Waals surface area contributed by atoms with Crippen molar-refractivity contribution in [1.29, 1.82) is 0 Å². The minimum Gasteiger partial charge on any atom is -0.394 e. The van der Waals surface area contributed by atoms with Crippen molar-refractivity contribution in [3.8, 4) is 0 Å². The number of hydrogen-bond acceptors (Lipinski definition) is 9. The second-order valence-corrected chi connectivity index (χ2v) is 10.9. The van der Waals surface area contributed by atoms with Crippen molar-refractivity contribution < 1.29 is 31.5 Å². The van der Waals surface area contributed by atoms with Gasteiger partial charge in [0.1, 0.15) is 17.2 Å². The van der Waals surface area contributed by atoms with E-state index in [9.17, 15) is 31.5 Å². The Morgan fingerprint density at radius 3 is 2.45 bits per heavy atom. The van der Waals surface area contributed by atoms with Crippen LogP contribution in [0.1, 0.15) is 41.3 Å². The Labute approximate surface area is 229 Å². The third-order valence-corrected chi connectivity index (χ3v) is 6.97. The summed E-state index contributed by atoms with van der Waals surface area (Å²) < 4.78 is 65.9. The van der Waals surface area contributed by atoms with Crippen molar-refractivity contribution >= 4 is 39.2 Å². The standard InChI is InChI=1S/C25H30F3N7O4S/c1-4-6-19(15-36)32-23(37)16-8-10-18(11-9-16)33-24-31-14-20(25(26,27)28)21(34-24)30-13-17-7-5-12-29-22(17)35(2)40(3,38)39/h5,7-12,14,19,36H,4,6,13,15H2,1-3H3,(H,32,37)(H2,30,31,33,34). The van der Waals surface area contributed by atoms with E-state index in [1.54, 1.807) is 12.1 Å². The van der Waals surface area contributed by atoms with Crippen LogP contribution in [0.2, 0.25) is 0 Å². The molecule has 0 aliphatic rings. The largest absolute Gasteiger partial charge is 0.421 e. The molecule has 0 aliphatic carbocycles. The molecular weight excluding hydrogens is 551 g/mol. The molecule has 1 amide bonds. The van der Waals surface area contributed by atoms with Crippen LogP contribution in [-0.2, 0) is 22.7 Å². The Bertz CT molecular complexity index is 1420. The normalized spacial score (nSPS) is 12.5. The smallest absolute Gasteiger partial charge is 0.394 e. The number of carbonyl (C=O) groups excluding carboxylic acids is 1. The molecule has 216 valence electrons. The Hall–Kier alpha value is -3.98. The zero-order chi connectivity index (χ0) is 29.5. The highest BCUT2D eigenvalue weighted by molar-refractivity contribution is 7.92. The van der Waals surface area contributed by atoms with Gasteiger partial charge in [-0.2, -0.15) is 18.2 Å². The van der Waals surface area contributed by atoms with Gasteiger partial charge >= 0.3 is 6.18 Å². The van der Waals surface area contributed by atoms with Gasteiger partial charge in [0, 0.05) is 42.8 Å². The van der Waals surface area contributed by atoms with Crippen LogP contribution < -0.4 is 20.3 Å². The molecule has 0 saturated carbocycles. The summed E-state index contributed by atoms with van der Waals surface area (Å²) in [6.07, 6.45) is -0.352. The van der Waals surface area contributed by atoms with E-state index < -0.39 is 27.6 Å². The predicted molar refractivity (Wildman–Crippen MR) is 145 cm³/mol. The first-order valence-corrected chi connectivity index (χ1v) is 14.0. The first-order chi connectivity index (χ1) is 18.8. The summed E-state index contributed by atoms with van der Waals surface area (Å²) in [5.41, 5.74) is -0.0358. The van der Waals surface area contributed by atoms with Crippen LogP contribution in [0.25, 0.3) is 0 Å². The SMILES string of the molecule is CCCC(CO)NC(=O)c1ccc(Nc2ncc(C(F)(F)F)c(NCc3cccnc3N(C)S(C)(=O)=O)n2)cc1. The number of aliphatic hydroxyl groups is 1. The number of halogens is 3. The second-order valence-electron chi connectivity index (χ2n) is 8.87. The first-order valence-electron chi connectivity index (χ1n) is 12.2. The number of aromatic nitrogens is 3. The Morgan fingerprint density at radius 1 is 1.15 bits per heavy atom. The van der Waals surface area contributed by atoms with Gasteiger partial charge in [0.15, 0.2) is 0 Å². The van der Waals surface area contributed by atoms with Crippen molar-refractivity contribution in [3.05, 3.63) is 65.5 Å². The summed E-state index contributed by atoms with van der Waals surface area (Å²) in [6, 6.07) is 8.82. The van der Waals surface area contributed by atoms with Gasteiger partial charge in [-0.15, -0.1) is 0 Å². The molecule has 1 atom stereocenters. The molecule has 0 radical (unpaired) electrons. The van der Waals surface area contributed by atoms with E-state index in [4.69, 9.17) is 0 Å². The number of nitrogens with zero attached hydrogens (tertiary/aromatic N) is 4. The van der Waals surface area contributed by atoms with Gasteiger partial charge in [0.25, 0.3) is 5.91 Å². The molecule has 2 heterocycles. The number of carbonyl (C=O) groups is 1. The highest BCUT2D eigenvalue weighted by atomic mass is 32.2. The summed E-state index contributed by atoms with van der Waals surface area (Å²) in [4.78, 5) is 24.2. The van der Waals surface area contributed by atoms with E-state index >= 15 is 0 Å². The number of benzene rings is 1. The molecule has 0 fully saturated rings. The van der Waals surface area contributed by atoms with E-state index in [0.717, 1.165) is 17.0 Å². The summed E-state index contributed by atoms with van der Waals surface area (Å²) in [5.74, 6) is -0.977. The lowest BCUT2D eigenvalue weighted by Gasteiger charge is -2.20. The topological polar surface area (TPSA) is 149 Å². The minimum atomic E-state index is -4.76. The number of alkyl halides is 3. The van der Waals surface area contributed by atoms with Crippen LogP contribution in [0.15, 0.2) is 48.8 Å². The maximum atomic E-state index is 13.7. The highest BCUT2D eigenvalue weighted by Crippen LogP contribution is 2.34. The molecule has 0 saturated heterocycles. The summed E-state index contributed by atoms with van der Waals surface area (Å²) in [7, 11) is -2.37. The molecule has 0 spiro atoms. The van der Waals surface area contributed by atoms with Crippen molar-refractivity contribution in [3.63, 3.8) is 0 Å². The van der Waals surface area contributed by atoms with Gasteiger partial charge in [0.05, 0.1) is 18.9 Å². The fourth-order valence-corrected chi connectivity index (χ4v) is 4.11. The van der Waals surface area contributed by atoms with E-state index in [1.807, 2.05) is 6.92 Å². The minimum absolute atomic E-state index is 0.0580. The zero-order valence-electron chi connectivity index (χ0n) is 22.0. The van der Waals surface area contributed by atoms with E-state index in [2.05, 4.69) is 30.9 Å². The van der Waals surface area contributed by atoms with Gasteiger partial charge in [0.2, 0.25) is 16.0 Å². The fourth-order valence-electron chi connectivity index (χ4n) is 3.63. The molecule has 1 unspecified atom stereocenters. The predicted octanol–water partition coefficient (Wildman–Crippen LogP) is 3.53. The van der Waals surface area contributed by atoms with Crippen molar-refractivity contribution in [2.75, 3.05) is 34.8 Å². The van der Waals surface area contributed by atoms with E-state index in [1.165, 1.54) is 37.5 Å². The average molecular weight is 582 g/mol. The monoisotopic (exact) mass is 581 g/mol. The molecule has 11 nitrogen and oxygen atoms in total. The molecule has 1 aromatic carbocycles. The van der Waals surface area contributed by atoms with Crippen LogP contribution >= 0.6 is 0 Å². The molecule has 15 heteroatoms. The number of nitrogens with one attached hydrogen (secondary N) is 3. The van der Waals surface area contributed by atoms with Gasteiger partial charge in [-0.3, -0.25) is 9.10 Å². The Kier molecular flexibility index (Phi) is 9.87. The van der Waals surface area contributed by atoms with Crippen LogP contribution in [0, 0.1) is 0 Å². The van der Waals surface area contributed by atoms with Gasteiger partial charge in [-0.1, -0.05) is 19.4 Å². The zero-order valence-corrected chi connectivity index (χ0v) is 22.8. The molecule has 4 N–H and O–H groups in total. The third kappa shape index (κ3) is 8.02. The van der Waals surface area contributed by atoms with Crippen LogP contribution in [0.4, 0.5) is 36.4 Å². The fraction of sp³-hybridized carbons (Fsp3) is 0.360. The summed E-state index contributed by atoms with van der Waals surface area (Å²) in [5, 5.41) is 17.5. The number of aliphatic hydroxyl groups excluding tert-OH is 1. The van der Waals surface area contributed by atoms with Gasteiger partial charge in [-0.25, -0.2) is 18.4 Å². The third-order valence-electron chi connectivity index (χ3n) is 5.80. The Morgan fingerprint density at radius 2 is 1.85 bits per heavy atom. The lowest BCUT2D eigenvalue weighted by molar-refractivity contribution is -0.137. The van der Waals surface area contributed by atoms with E-state index in [0.29, 0.717) is 29.4 Å². The van der Waals surface area contributed by atoms with Crippen LogP contribution in [-0.4, -0.2) is 60.3 Å². The van der Waals surface area contributed by atoms with Crippen LogP contribution in [0.3, 0.4) is 0 Å². The molecule has 2 aromatic heterocycles. The van der Waals surface area contributed by atoms with Crippen molar-refractivity contribution in [2.24, 2.45) is 0 Å². The molecular formula is C25H30F3N7O4S. The number of anilines is 4. The molecule has 0 aliphatic heterocycles. The first kappa shape index (κ1) is 30.6. The number of pyridine rings is 1. The second kappa shape index (κ2) is 12.9. The van der Waals surface area contributed by atoms with E-state index in [-0.39, 0.29) is 36.9 Å². The molecule has 40 heavy (non-hydrogen) atoms. The van der Waals surface area contributed by atoms with Crippen LogP contribution in [0.5, 0.6) is 0 Å². The quantitative estimate of drug-likeness (QED) is 0.252. The number of sulfonamides is 1. The van der Waals surface area contributed by atoms with Crippen molar-refractivity contribution in [2.45, 2.75) is 38.5 Å². The number of amides is 1. The lowest BCUT2D eigenvalue weighted by Crippen LogP contribution is -2.37. The summed E-state index contributed by atoms with van der Waals surface area (Å²) in [6.45, 7) is 1.55. The van der Waals surface area contributed by atoms with Gasteiger partial charge in [-0.05, 0) is 36.8 Å². The average Bonchev–Trinajstić information content (AvgIpc) is 2.90. The number of hydrogen-bond donors (Lipinski definition) is 4. The van der Waals surface area contributed by atoms with Crippen molar-refractivity contribution in [1.82, 2.24) is 20.3 Å². The van der Waals surface area contributed by atoms with Gasteiger partial charge < -0.3 is 21.1 Å². The number of rotatable bonds is 12. The highest BCUT2D eigenvalue weighted by Gasteiger charge is 2.35. The molecule has 3 rings (SSSR count). The maximum Gasteiger partial charge on any atom is 0.421 e. The molecule has 0 bridgehead atoms. The molecule has 3 aromatic rings. The maximum absolute atomic E-state index is 13.7.